The van der Waals surface area contributed by atoms with E-state index in [4.69, 9.17) is 10.5 Å². The molecule has 1 aromatic carbocycles. The largest absolute Gasteiger partial charge is 0.496 e. The minimum Gasteiger partial charge on any atom is -0.496 e. The van der Waals surface area contributed by atoms with E-state index in [-0.39, 0.29) is 5.82 Å². The van der Waals surface area contributed by atoms with Gasteiger partial charge in [-0.05, 0) is 37.1 Å². The van der Waals surface area contributed by atoms with Crippen molar-refractivity contribution in [1.29, 1.82) is 0 Å². The number of nitrogens with two attached hydrogens (primary N) is 1. The maximum atomic E-state index is 13.2. The van der Waals surface area contributed by atoms with Crippen molar-refractivity contribution in [2.45, 2.75) is 12.3 Å². The molecule has 94 valence electrons. The third-order valence-corrected chi connectivity index (χ3v) is 3.52. The molecule has 0 bridgehead atoms. The second-order valence-corrected chi connectivity index (χ2v) is 4.48. The zero-order valence-corrected chi connectivity index (χ0v) is 10.1. The lowest BCUT2D eigenvalue weighted by Gasteiger charge is -2.32. The Balaban J connectivity index is 2.30. The van der Waals surface area contributed by atoms with Crippen LogP contribution in [0.5, 0.6) is 5.75 Å². The number of piperidine rings is 1. The first-order valence-corrected chi connectivity index (χ1v) is 6.00. The summed E-state index contributed by atoms with van der Waals surface area (Å²) in [6.45, 7) is 2.54. The third-order valence-electron chi connectivity index (χ3n) is 3.52. The van der Waals surface area contributed by atoms with Gasteiger partial charge in [0.05, 0.1) is 7.11 Å². The molecule has 0 radical (unpaired) electrons. The highest BCUT2D eigenvalue weighted by Gasteiger charge is 2.27. The summed E-state index contributed by atoms with van der Waals surface area (Å²) in [5, 5.41) is 3.36. The minimum atomic E-state index is -0.265. The SMILES string of the molecule is COc1cc(F)ccc1C1CNCCC1CN. The number of methoxy groups -OCH3 is 1. The van der Waals surface area contributed by atoms with Gasteiger partial charge >= 0.3 is 0 Å². The van der Waals surface area contributed by atoms with Crippen LogP contribution in [0.4, 0.5) is 4.39 Å². The van der Waals surface area contributed by atoms with Crippen molar-refractivity contribution in [2.75, 3.05) is 26.7 Å². The second-order valence-electron chi connectivity index (χ2n) is 4.48. The summed E-state index contributed by atoms with van der Waals surface area (Å²) in [7, 11) is 1.58. The summed E-state index contributed by atoms with van der Waals surface area (Å²) in [6, 6.07) is 4.74. The Morgan fingerprint density at radius 1 is 1.53 bits per heavy atom. The van der Waals surface area contributed by atoms with E-state index in [1.165, 1.54) is 12.1 Å². The molecule has 2 rings (SSSR count). The fourth-order valence-electron chi connectivity index (χ4n) is 2.55. The van der Waals surface area contributed by atoms with Gasteiger partial charge in [-0.1, -0.05) is 6.07 Å². The molecule has 0 aromatic heterocycles. The maximum Gasteiger partial charge on any atom is 0.126 e. The molecule has 1 aliphatic heterocycles. The Kier molecular flexibility index (Phi) is 3.97. The fourth-order valence-corrected chi connectivity index (χ4v) is 2.55. The van der Waals surface area contributed by atoms with Crippen molar-refractivity contribution in [1.82, 2.24) is 5.32 Å². The van der Waals surface area contributed by atoms with Gasteiger partial charge < -0.3 is 15.8 Å². The molecule has 0 aliphatic carbocycles. The van der Waals surface area contributed by atoms with Gasteiger partial charge in [0.1, 0.15) is 11.6 Å². The number of ether oxygens (including phenoxy) is 1. The molecule has 1 saturated heterocycles. The summed E-state index contributed by atoms with van der Waals surface area (Å²) in [6.07, 6.45) is 1.06. The van der Waals surface area contributed by atoms with Crippen molar-refractivity contribution in [2.24, 2.45) is 11.7 Å². The summed E-state index contributed by atoms with van der Waals surface area (Å²) in [5.41, 5.74) is 6.86. The van der Waals surface area contributed by atoms with Crippen LogP contribution < -0.4 is 15.8 Å². The molecule has 1 fully saturated rings. The summed E-state index contributed by atoms with van der Waals surface area (Å²) >= 11 is 0. The van der Waals surface area contributed by atoms with Crippen molar-refractivity contribution < 1.29 is 9.13 Å². The van der Waals surface area contributed by atoms with Crippen LogP contribution in [0.1, 0.15) is 17.9 Å². The van der Waals surface area contributed by atoms with Crippen molar-refractivity contribution >= 4 is 0 Å². The lowest BCUT2D eigenvalue weighted by molar-refractivity contribution is 0.318. The number of nitrogens with one attached hydrogen (secondary N) is 1. The lowest BCUT2D eigenvalue weighted by atomic mass is 9.81. The summed E-state index contributed by atoms with van der Waals surface area (Å²) in [4.78, 5) is 0. The van der Waals surface area contributed by atoms with Gasteiger partial charge in [0.15, 0.2) is 0 Å². The van der Waals surface area contributed by atoms with Gasteiger partial charge in [-0.25, -0.2) is 4.39 Å². The first kappa shape index (κ1) is 12.3. The van der Waals surface area contributed by atoms with Crippen LogP contribution in [0, 0.1) is 11.7 Å². The van der Waals surface area contributed by atoms with E-state index in [9.17, 15) is 4.39 Å². The predicted molar refractivity (Wildman–Crippen MR) is 65.7 cm³/mol. The van der Waals surface area contributed by atoms with Gasteiger partial charge in [0.2, 0.25) is 0 Å². The van der Waals surface area contributed by atoms with Crippen LogP contribution >= 0.6 is 0 Å². The molecule has 0 spiro atoms. The van der Waals surface area contributed by atoms with Crippen LogP contribution in [-0.2, 0) is 0 Å². The van der Waals surface area contributed by atoms with E-state index in [0.29, 0.717) is 24.1 Å². The van der Waals surface area contributed by atoms with E-state index in [2.05, 4.69) is 5.32 Å². The van der Waals surface area contributed by atoms with E-state index in [1.54, 1.807) is 7.11 Å². The zero-order chi connectivity index (χ0) is 12.3. The van der Waals surface area contributed by atoms with Gasteiger partial charge in [0, 0.05) is 18.5 Å². The molecule has 2 unspecified atom stereocenters. The Hall–Kier alpha value is -1.13. The molecule has 1 heterocycles. The fraction of sp³-hybridized carbons (Fsp3) is 0.538. The first-order valence-electron chi connectivity index (χ1n) is 6.00. The maximum absolute atomic E-state index is 13.2. The number of rotatable bonds is 3. The molecule has 4 heteroatoms. The van der Waals surface area contributed by atoms with Gasteiger partial charge in [0.25, 0.3) is 0 Å². The van der Waals surface area contributed by atoms with Gasteiger partial charge in [-0.15, -0.1) is 0 Å². The molecule has 3 nitrogen and oxygen atoms in total. The Labute approximate surface area is 101 Å². The number of benzene rings is 1. The minimum absolute atomic E-state index is 0.265. The highest BCUT2D eigenvalue weighted by molar-refractivity contribution is 5.38. The summed E-state index contributed by atoms with van der Waals surface area (Å²) in [5.74, 6) is 1.11. The number of halogens is 1. The quantitative estimate of drug-likeness (QED) is 0.838. The van der Waals surface area contributed by atoms with Crippen molar-refractivity contribution in [3.05, 3.63) is 29.6 Å². The topological polar surface area (TPSA) is 47.3 Å². The van der Waals surface area contributed by atoms with Gasteiger partial charge in [-0.3, -0.25) is 0 Å². The number of hydrogen-bond donors (Lipinski definition) is 2. The van der Waals surface area contributed by atoms with Crippen LogP contribution in [0.25, 0.3) is 0 Å². The van der Waals surface area contributed by atoms with E-state index >= 15 is 0 Å². The Bertz CT molecular complexity index is 384. The molecule has 1 aromatic rings. The third kappa shape index (κ3) is 2.58. The molecule has 1 aliphatic rings. The molecule has 2 atom stereocenters. The highest BCUT2D eigenvalue weighted by Crippen LogP contribution is 2.34. The molecule has 0 saturated carbocycles. The van der Waals surface area contributed by atoms with Crippen LogP contribution in [0.3, 0.4) is 0 Å². The highest BCUT2D eigenvalue weighted by atomic mass is 19.1. The zero-order valence-electron chi connectivity index (χ0n) is 10.1. The Morgan fingerprint density at radius 2 is 2.35 bits per heavy atom. The molecular formula is C13H19FN2O. The van der Waals surface area contributed by atoms with E-state index < -0.39 is 0 Å². The molecule has 3 N–H and O–H groups in total. The van der Waals surface area contributed by atoms with Crippen LogP contribution in [-0.4, -0.2) is 26.7 Å². The smallest absolute Gasteiger partial charge is 0.126 e. The van der Waals surface area contributed by atoms with Crippen LogP contribution in [0.15, 0.2) is 18.2 Å². The number of hydrogen-bond acceptors (Lipinski definition) is 3. The molecule has 0 amide bonds. The van der Waals surface area contributed by atoms with Crippen molar-refractivity contribution in [3.8, 4) is 5.75 Å². The normalized spacial score (nSPS) is 24.6. The average Bonchev–Trinajstić information content (AvgIpc) is 2.38. The monoisotopic (exact) mass is 238 g/mol. The molecular weight excluding hydrogens is 219 g/mol. The average molecular weight is 238 g/mol. The molecule has 17 heavy (non-hydrogen) atoms. The lowest BCUT2D eigenvalue weighted by Crippen LogP contribution is -2.38. The first-order chi connectivity index (χ1) is 8.26. The van der Waals surface area contributed by atoms with Crippen molar-refractivity contribution in [3.63, 3.8) is 0 Å². The predicted octanol–water partition coefficient (Wildman–Crippen LogP) is 1.49. The Morgan fingerprint density at radius 3 is 3.06 bits per heavy atom. The van der Waals surface area contributed by atoms with Gasteiger partial charge in [-0.2, -0.15) is 0 Å². The van der Waals surface area contributed by atoms with E-state index in [0.717, 1.165) is 25.1 Å². The second kappa shape index (κ2) is 5.47. The summed E-state index contributed by atoms with van der Waals surface area (Å²) < 4.78 is 18.4. The van der Waals surface area contributed by atoms with E-state index in [1.807, 2.05) is 6.07 Å². The van der Waals surface area contributed by atoms with Crippen LogP contribution in [0.2, 0.25) is 0 Å². The standard InChI is InChI=1S/C13H19FN2O/c1-17-13-6-10(14)2-3-11(13)12-8-16-5-4-9(12)7-15/h2-3,6,9,12,16H,4-5,7-8,15H2,1H3.